The van der Waals surface area contributed by atoms with Crippen molar-refractivity contribution in [3.8, 4) is 0 Å². The number of aryl methyl sites for hydroxylation is 1. The standard InChI is InChI=1S/C30H32ClF4N3O4S/c1-4-16-36-29(40)27(5-2)37(18-21-8-10-22(32)11-9-21)28(39)19-38(43(41,42)24-13-6-20(3)7-14-24)23-12-15-26(31)25(17-23)30(33,34)35/h6-15,17,27H,4-5,16,18-19H2,1-3H3,(H,36,40). The number of amides is 2. The highest BCUT2D eigenvalue weighted by atomic mass is 35.5. The predicted molar refractivity (Wildman–Crippen MR) is 156 cm³/mol. The minimum absolute atomic E-state index is 0.145. The van der Waals surface area contributed by atoms with Crippen LogP contribution in [0.3, 0.4) is 0 Å². The molecule has 1 N–H and O–H groups in total. The third kappa shape index (κ3) is 8.47. The van der Waals surface area contributed by atoms with Gasteiger partial charge in [0.1, 0.15) is 18.4 Å². The molecule has 0 bridgehead atoms. The minimum Gasteiger partial charge on any atom is -0.354 e. The minimum atomic E-state index is -4.91. The van der Waals surface area contributed by atoms with Crippen molar-refractivity contribution >= 4 is 39.1 Å². The summed E-state index contributed by atoms with van der Waals surface area (Å²) in [5.74, 6) is -1.87. The zero-order chi connectivity index (χ0) is 31.9. The van der Waals surface area contributed by atoms with Crippen LogP contribution in [0, 0.1) is 12.7 Å². The van der Waals surface area contributed by atoms with E-state index < -0.39 is 62.7 Å². The number of nitrogens with one attached hydrogen (secondary N) is 1. The molecule has 3 aromatic carbocycles. The van der Waals surface area contributed by atoms with Crippen LogP contribution in [0.5, 0.6) is 0 Å². The van der Waals surface area contributed by atoms with E-state index in [9.17, 15) is 35.6 Å². The van der Waals surface area contributed by atoms with Gasteiger partial charge in [-0.2, -0.15) is 13.2 Å². The highest BCUT2D eigenvalue weighted by Gasteiger charge is 2.37. The lowest BCUT2D eigenvalue weighted by Crippen LogP contribution is -2.52. The third-order valence-electron chi connectivity index (χ3n) is 6.63. The Morgan fingerprint density at radius 1 is 0.977 bits per heavy atom. The van der Waals surface area contributed by atoms with Crippen molar-refractivity contribution in [3.63, 3.8) is 0 Å². The second-order valence-corrected chi connectivity index (χ2v) is 12.1. The Labute approximate surface area is 253 Å². The van der Waals surface area contributed by atoms with Crippen molar-refractivity contribution in [2.75, 3.05) is 17.4 Å². The van der Waals surface area contributed by atoms with E-state index in [4.69, 9.17) is 11.6 Å². The zero-order valence-electron chi connectivity index (χ0n) is 23.8. The van der Waals surface area contributed by atoms with E-state index in [-0.39, 0.29) is 17.9 Å². The molecule has 0 saturated carbocycles. The van der Waals surface area contributed by atoms with Crippen molar-refractivity contribution in [1.82, 2.24) is 10.2 Å². The molecule has 7 nitrogen and oxygen atoms in total. The zero-order valence-corrected chi connectivity index (χ0v) is 25.4. The molecule has 0 fully saturated rings. The lowest BCUT2D eigenvalue weighted by Gasteiger charge is -2.33. The van der Waals surface area contributed by atoms with Crippen molar-refractivity contribution in [3.05, 3.63) is 94.3 Å². The Bertz CT molecular complexity index is 1530. The Morgan fingerprint density at radius 3 is 2.16 bits per heavy atom. The van der Waals surface area contributed by atoms with Gasteiger partial charge in [0.2, 0.25) is 11.8 Å². The van der Waals surface area contributed by atoms with E-state index in [0.717, 1.165) is 22.6 Å². The van der Waals surface area contributed by atoms with Gasteiger partial charge < -0.3 is 10.2 Å². The second kappa shape index (κ2) is 14.2. The molecule has 13 heteroatoms. The van der Waals surface area contributed by atoms with Crippen LogP contribution >= 0.6 is 11.6 Å². The first-order chi connectivity index (χ1) is 20.2. The van der Waals surface area contributed by atoms with E-state index in [1.807, 2.05) is 6.92 Å². The van der Waals surface area contributed by atoms with E-state index >= 15 is 0 Å². The molecule has 1 atom stereocenters. The topological polar surface area (TPSA) is 86.8 Å². The molecule has 232 valence electrons. The number of hydrogen-bond acceptors (Lipinski definition) is 4. The van der Waals surface area contributed by atoms with Gasteiger partial charge in [-0.3, -0.25) is 13.9 Å². The smallest absolute Gasteiger partial charge is 0.354 e. The van der Waals surface area contributed by atoms with E-state index in [2.05, 4.69) is 5.32 Å². The lowest BCUT2D eigenvalue weighted by molar-refractivity contribution is -0.140. The first-order valence-electron chi connectivity index (χ1n) is 13.5. The summed E-state index contributed by atoms with van der Waals surface area (Å²) in [5.41, 5.74) is -0.537. The first-order valence-corrected chi connectivity index (χ1v) is 15.3. The lowest BCUT2D eigenvalue weighted by atomic mass is 10.1. The van der Waals surface area contributed by atoms with Gasteiger partial charge in [0.25, 0.3) is 10.0 Å². The SMILES string of the molecule is CCCNC(=O)C(CC)N(Cc1ccc(F)cc1)C(=O)CN(c1ccc(Cl)c(C(F)(F)F)c1)S(=O)(=O)c1ccc(C)cc1. The van der Waals surface area contributed by atoms with Crippen molar-refractivity contribution in [1.29, 1.82) is 0 Å². The van der Waals surface area contributed by atoms with Crippen LogP contribution in [0.25, 0.3) is 0 Å². The number of alkyl halides is 3. The van der Waals surface area contributed by atoms with Crippen LogP contribution in [0.2, 0.25) is 5.02 Å². The molecule has 3 aromatic rings. The largest absolute Gasteiger partial charge is 0.417 e. The van der Waals surface area contributed by atoms with E-state index in [0.29, 0.717) is 28.9 Å². The molecule has 3 rings (SSSR count). The summed E-state index contributed by atoms with van der Waals surface area (Å²) >= 11 is 5.79. The number of carbonyl (C=O) groups is 2. The molecule has 0 aliphatic rings. The number of sulfonamides is 1. The van der Waals surface area contributed by atoms with Crippen LogP contribution in [0.1, 0.15) is 43.4 Å². The van der Waals surface area contributed by atoms with Crippen molar-refractivity contribution in [2.45, 2.75) is 57.3 Å². The normalized spacial score (nSPS) is 12.5. The summed E-state index contributed by atoms with van der Waals surface area (Å²) in [6.07, 6.45) is -4.14. The van der Waals surface area contributed by atoms with Gasteiger partial charge in [-0.15, -0.1) is 0 Å². The molecule has 1 unspecified atom stereocenters. The maximum Gasteiger partial charge on any atom is 0.417 e. The fourth-order valence-electron chi connectivity index (χ4n) is 4.32. The first kappa shape index (κ1) is 33.9. The van der Waals surface area contributed by atoms with Gasteiger partial charge in [-0.1, -0.05) is 55.3 Å². The average molecular weight is 642 g/mol. The highest BCUT2D eigenvalue weighted by molar-refractivity contribution is 7.92. The molecule has 0 radical (unpaired) electrons. The maximum absolute atomic E-state index is 14.0. The van der Waals surface area contributed by atoms with E-state index in [1.165, 1.54) is 48.5 Å². The van der Waals surface area contributed by atoms with Gasteiger partial charge >= 0.3 is 6.18 Å². The average Bonchev–Trinajstić information content (AvgIpc) is 2.95. The third-order valence-corrected chi connectivity index (χ3v) is 8.75. The van der Waals surface area contributed by atoms with E-state index in [1.54, 1.807) is 13.8 Å². The summed E-state index contributed by atoms with van der Waals surface area (Å²) in [7, 11) is -4.59. The molecule has 0 aromatic heterocycles. The van der Waals surface area contributed by atoms with Gasteiger partial charge in [-0.05, 0) is 67.8 Å². The number of anilines is 1. The molecule has 0 aliphatic carbocycles. The fourth-order valence-corrected chi connectivity index (χ4v) is 5.95. The number of benzene rings is 3. The fraction of sp³-hybridized carbons (Fsp3) is 0.333. The molecular formula is C30H32ClF4N3O4S. The molecule has 0 spiro atoms. The van der Waals surface area contributed by atoms with Gasteiger partial charge in [0.15, 0.2) is 0 Å². The van der Waals surface area contributed by atoms with Crippen LogP contribution in [0.4, 0.5) is 23.2 Å². The Morgan fingerprint density at radius 2 is 1.60 bits per heavy atom. The Kier molecular flexibility index (Phi) is 11.2. The monoisotopic (exact) mass is 641 g/mol. The second-order valence-electron chi connectivity index (χ2n) is 9.85. The highest BCUT2D eigenvalue weighted by Crippen LogP contribution is 2.38. The molecular weight excluding hydrogens is 610 g/mol. The summed E-state index contributed by atoms with van der Waals surface area (Å²) < 4.78 is 83.2. The molecule has 2 amide bonds. The molecule has 43 heavy (non-hydrogen) atoms. The van der Waals surface area contributed by atoms with Gasteiger partial charge in [-0.25, -0.2) is 12.8 Å². The Hall–Kier alpha value is -3.64. The molecule has 0 heterocycles. The van der Waals surface area contributed by atoms with Crippen LogP contribution < -0.4 is 9.62 Å². The van der Waals surface area contributed by atoms with Crippen molar-refractivity contribution < 1.29 is 35.6 Å². The number of rotatable bonds is 12. The van der Waals surface area contributed by atoms with Crippen LogP contribution in [-0.2, 0) is 32.3 Å². The van der Waals surface area contributed by atoms with Crippen LogP contribution in [-0.4, -0.2) is 44.3 Å². The summed E-state index contributed by atoms with van der Waals surface area (Å²) in [5, 5.41) is 2.08. The summed E-state index contributed by atoms with van der Waals surface area (Å²) in [6.45, 7) is 4.44. The predicted octanol–water partition coefficient (Wildman–Crippen LogP) is 6.34. The number of carbonyl (C=O) groups excluding carboxylic acids is 2. The number of hydrogen-bond donors (Lipinski definition) is 1. The van der Waals surface area contributed by atoms with Crippen molar-refractivity contribution in [2.24, 2.45) is 0 Å². The van der Waals surface area contributed by atoms with Gasteiger partial charge in [0.05, 0.1) is 21.2 Å². The quantitative estimate of drug-likeness (QED) is 0.234. The van der Waals surface area contributed by atoms with Crippen LogP contribution in [0.15, 0.2) is 71.6 Å². The number of halogens is 5. The summed E-state index contributed by atoms with van der Waals surface area (Å²) in [4.78, 5) is 28.0. The summed E-state index contributed by atoms with van der Waals surface area (Å²) in [6, 6.07) is 12.3. The number of nitrogens with zero attached hydrogens (tertiary/aromatic N) is 2. The molecule has 0 aliphatic heterocycles. The maximum atomic E-state index is 14.0. The van der Waals surface area contributed by atoms with Gasteiger partial charge in [0, 0.05) is 13.1 Å². The Balaban J connectivity index is 2.14. The molecule has 0 saturated heterocycles.